The van der Waals surface area contributed by atoms with Crippen LogP contribution < -0.4 is 10.9 Å². The molecule has 1 heterocycles. The Labute approximate surface area is 141 Å². The van der Waals surface area contributed by atoms with Gasteiger partial charge >= 0.3 is 0 Å². The minimum Gasteiger partial charge on any atom is -0.325 e. The molecule has 7 heteroatoms. The number of carbonyl (C=O) groups excluding carboxylic acids is 1. The summed E-state index contributed by atoms with van der Waals surface area (Å²) in [5.41, 5.74) is 1.25. The van der Waals surface area contributed by atoms with Crippen LogP contribution in [-0.4, -0.2) is 21.6 Å². The van der Waals surface area contributed by atoms with Crippen molar-refractivity contribution in [3.8, 4) is 0 Å². The number of benzene rings is 1. The molecule has 116 valence electrons. The van der Waals surface area contributed by atoms with Gasteiger partial charge in [0.05, 0.1) is 11.4 Å². The molecule has 0 radical (unpaired) electrons. The van der Waals surface area contributed by atoms with E-state index in [4.69, 9.17) is 0 Å². The van der Waals surface area contributed by atoms with Gasteiger partial charge in [0.1, 0.15) is 0 Å². The zero-order valence-corrected chi connectivity index (χ0v) is 14.6. The average Bonchev–Trinajstić information content (AvgIpc) is 2.47. The maximum Gasteiger partial charge on any atom is 0.251 e. The minimum absolute atomic E-state index is 0.148. The van der Waals surface area contributed by atoms with E-state index in [0.29, 0.717) is 5.16 Å². The van der Waals surface area contributed by atoms with E-state index in [1.165, 1.54) is 17.8 Å². The molecule has 0 saturated heterocycles. The molecule has 5 nitrogen and oxygen atoms in total. The number of anilines is 1. The summed E-state index contributed by atoms with van der Waals surface area (Å²) in [7, 11) is 0. The fourth-order valence-corrected chi connectivity index (χ4v) is 2.63. The van der Waals surface area contributed by atoms with Crippen LogP contribution in [0.15, 0.2) is 44.8 Å². The Morgan fingerprint density at radius 1 is 1.36 bits per heavy atom. The number of hydrogen-bond acceptors (Lipinski definition) is 4. The quantitative estimate of drug-likeness (QED) is 0.614. The van der Waals surface area contributed by atoms with Gasteiger partial charge in [0.2, 0.25) is 5.91 Å². The van der Waals surface area contributed by atoms with Gasteiger partial charge in [0.25, 0.3) is 5.56 Å². The summed E-state index contributed by atoms with van der Waals surface area (Å²) in [5, 5.41) is 3.25. The molecule has 0 aliphatic heterocycles. The maximum absolute atomic E-state index is 11.9. The number of rotatable bonds is 5. The first-order valence-electron chi connectivity index (χ1n) is 6.73. The Morgan fingerprint density at radius 2 is 2.05 bits per heavy atom. The highest BCUT2D eigenvalue weighted by Crippen LogP contribution is 2.17. The lowest BCUT2D eigenvalue weighted by atomic mass is 10.1. The van der Waals surface area contributed by atoms with E-state index >= 15 is 0 Å². The Hall–Kier alpha value is -1.60. The molecule has 0 fully saturated rings. The Morgan fingerprint density at radius 3 is 2.68 bits per heavy atom. The third kappa shape index (κ3) is 4.99. The van der Waals surface area contributed by atoms with Crippen molar-refractivity contribution in [1.82, 2.24) is 9.97 Å². The van der Waals surface area contributed by atoms with Crippen LogP contribution in [0.25, 0.3) is 0 Å². The van der Waals surface area contributed by atoms with Crippen molar-refractivity contribution in [2.24, 2.45) is 0 Å². The van der Waals surface area contributed by atoms with E-state index in [0.717, 1.165) is 15.9 Å². The first-order valence-corrected chi connectivity index (χ1v) is 8.51. The van der Waals surface area contributed by atoms with Crippen molar-refractivity contribution in [2.75, 3.05) is 11.1 Å². The lowest BCUT2D eigenvalue weighted by Gasteiger charge is -2.07. The van der Waals surface area contributed by atoms with E-state index in [-0.39, 0.29) is 23.1 Å². The maximum atomic E-state index is 11.9. The lowest BCUT2D eigenvalue weighted by molar-refractivity contribution is -0.113. The molecule has 2 N–H and O–H groups in total. The van der Waals surface area contributed by atoms with Crippen molar-refractivity contribution < 1.29 is 4.79 Å². The van der Waals surface area contributed by atoms with Crippen LogP contribution in [0.3, 0.4) is 0 Å². The van der Waals surface area contributed by atoms with Gasteiger partial charge in [0, 0.05) is 16.2 Å². The number of aromatic amines is 1. The van der Waals surface area contributed by atoms with Gasteiger partial charge in [-0.3, -0.25) is 9.59 Å². The zero-order chi connectivity index (χ0) is 16.1. The lowest BCUT2D eigenvalue weighted by Crippen LogP contribution is -2.16. The van der Waals surface area contributed by atoms with Crippen LogP contribution in [0.2, 0.25) is 0 Å². The first-order chi connectivity index (χ1) is 10.4. The van der Waals surface area contributed by atoms with Crippen LogP contribution in [0.4, 0.5) is 5.69 Å². The predicted octanol–water partition coefficient (Wildman–Crippen LogP) is 3.39. The molecule has 0 aliphatic carbocycles. The highest BCUT2D eigenvalue weighted by atomic mass is 79.9. The highest BCUT2D eigenvalue weighted by molar-refractivity contribution is 9.10. The van der Waals surface area contributed by atoms with Crippen molar-refractivity contribution in [1.29, 1.82) is 0 Å². The van der Waals surface area contributed by atoms with Crippen molar-refractivity contribution in [2.45, 2.75) is 24.9 Å². The molecule has 2 aromatic rings. The van der Waals surface area contributed by atoms with Crippen LogP contribution in [0.5, 0.6) is 0 Å². The van der Waals surface area contributed by atoms with Gasteiger partial charge in [-0.15, -0.1) is 0 Å². The number of thioether (sulfide) groups is 1. The second-order valence-electron chi connectivity index (χ2n) is 4.97. The topological polar surface area (TPSA) is 74.8 Å². The van der Waals surface area contributed by atoms with Crippen LogP contribution in [-0.2, 0) is 4.79 Å². The van der Waals surface area contributed by atoms with Gasteiger partial charge in [-0.25, -0.2) is 4.98 Å². The van der Waals surface area contributed by atoms with Gasteiger partial charge in [0.15, 0.2) is 5.16 Å². The normalized spacial score (nSPS) is 10.7. The Bertz CT molecular complexity index is 713. The molecule has 1 aromatic heterocycles. The van der Waals surface area contributed by atoms with Gasteiger partial charge in [-0.1, -0.05) is 41.5 Å². The Balaban J connectivity index is 1.96. The molecule has 0 saturated carbocycles. The second-order valence-corrected chi connectivity index (χ2v) is 6.85. The van der Waals surface area contributed by atoms with Gasteiger partial charge < -0.3 is 10.3 Å². The molecule has 0 bridgehead atoms. The molecule has 1 aromatic carbocycles. The molecule has 0 unspecified atom stereocenters. The summed E-state index contributed by atoms with van der Waals surface area (Å²) in [6.45, 7) is 3.94. The highest BCUT2D eigenvalue weighted by Gasteiger charge is 2.08. The number of nitrogens with one attached hydrogen (secondary N) is 2. The van der Waals surface area contributed by atoms with Gasteiger partial charge in [-0.05, 0) is 30.2 Å². The summed E-state index contributed by atoms with van der Waals surface area (Å²) >= 11 is 4.55. The SMILES string of the molecule is CC(C)c1cc(=O)[nH]c(SCC(=O)Nc2ccc(Br)cc2)n1. The molecular weight excluding hydrogens is 366 g/mol. The number of halogens is 1. The number of H-pyrrole nitrogens is 1. The van der Waals surface area contributed by atoms with Crippen LogP contribution in [0.1, 0.15) is 25.5 Å². The molecule has 0 spiro atoms. The fraction of sp³-hybridized carbons (Fsp3) is 0.267. The summed E-state index contributed by atoms with van der Waals surface area (Å²) < 4.78 is 0.951. The van der Waals surface area contributed by atoms with E-state index in [9.17, 15) is 9.59 Å². The van der Waals surface area contributed by atoms with E-state index in [1.54, 1.807) is 0 Å². The molecule has 22 heavy (non-hydrogen) atoms. The number of amides is 1. The number of hydrogen-bond donors (Lipinski definition) is 2. The van der Waals surface area contributed by atoms with Crippen LogP contribution in [0, 0.1) is 0 Å². The summed E-state index contributed by atoms with van der Waals surface area (Å²) in [6.07, 6.45) is 0. The third-order valence-electron chi connectivity index (χ3n) is 2.80. The van der Waals surface area contributed by atoms with Crippen molar-refractivity contribution in [3.05, 3.63) is 50.9 Å². The zero-order valence-electron chi connectivity index (χ0n) is 12.2. The Kier molecular flexibility index (Phi) is 5.79. The fourth-order valence-electron chi connectivity index (χ4n) is 1.68. The van der Waals surface area contributed by atoms with E-state index in [1.807, 2.05) is 38.1 Å². The number of aromatic nitrogens is 2. The molecule has 2 rings (SSSR count). The first kappa shape index (κ1) is 16.8. The van der Waals surface area contributed by atoms with E-state index in [2.05, 4.69) is 31.2 Å². The second kappa shape index (κ2) is 7.60. The van der Waals surface area contributed by atoms with E-state index < -0.39 is 0 Å². The minimum atomic E-state index is -0.200. The number of carbonyl (C=O) groups is 1. The van der Waals surface area contributed by atoms with Crippen molar-refractivity contribution in [3.63, 3.8) is 0 Å². The summed E-state index contributed by atoms with van der Waals surface area (Å²) in [6, 6.07) is 8.82. The largest absolute Gasteiger partial charge is 0.325 e. The van der Waals surface area contributed by atoms with Crippen molar-refractivity contribution >= 4 is 39.3 Å². The monoisotopic (exact) mass is 381 g/mol. The van der Waals surface area contributed by atoms with Crippen LogP contribution >= 0.6 is 27.7 Å². The summed E-state index contributed by atoms with van der Waals surface area (Å²) in [5.74, 6) is 0.198. The molecule has 0 aliphatic rings. The standard InChI is InChI=1S/C15H16BrN3O2S/c1-9(2)12-7-13(20)19-15(18-12)22-8-14(21)17-11-5-3-10(16)4-6-11/h3-7,9H,8H2,1-2H3,(H,17,21)(H,18,19,20). The number of nitrogens with zero attached hydrogens (tertiary/aromatic N) is 1. The molecule has 0 atom stereocenters. The molecular formula is C15H16BrN3O2S. The predicted molar refractivity (Wildman–Crippen MR) is 92.4 cm³/mol. The van der Waals surface area contributed by atoms with Gasteiger partial charge in [-0.2, -0.15) is 0 Å². The third-order valence-corrected chi connectivity index (χ3v) is 4.20. The average molecular weight is 382 g/mol. The molecule has 1 amide bonds. The smallest absolute Gasteiger partial charge is 0.251 e. The summed E-state index contributed by atoms with van der Waals surface area (Å²) in [4.78, 5) is 30.5.